The minimum Gasteiger partial charge on any atom is -0.508 e. The maximum Gasteiger partial charge on any atom is 0.356 e. The van der Waals surface area contributed by atoms with Gasteiger partial charge in [0.25, 0.3) is 0 Å². The van der Waals surface area contributed by atoms with Gasteiger partial charge in [0, 0.05) is 0 Å². The van der Waals surface area contributed by atoms with E-state index in [1.165, 1.54) is 16.8 Å². The van der Waals surface area contributed by atoms with Gasteiger partial charge in [-0.1, -0.05) is 5.21 Å². The first-order valence-electron chi connectivity index (χ1n) is 4.12. The van der Waals surface area contributed by atoms with Gasteiger partial charge < -0.3 is 10.2 Å². The molecule has 0 fully saturated rings. The van der Waals surface area contributed by atoms with Crippen LogP contribution in [0.15, 0.2) is 30.5 Å². The third-order valence-corrected chi connectivity index (χ3v) is 1.86. The molecular formula is C9H7N3O3. The van der Waals surface area contributed by atoms with E-state index in [9.17, 15) is 4.79 Å². The Morgan fingerprint density at radius 3 is 2.53 bits per heavy atom. The molecule has 0 radical (unpaired) electrons. The molecular weight excluding hydrogens is 198 g/mol. The fourth-order valence-corrected chi connectivity index (χ4v) is 1.17. The summed E-state index contributed by atoms with van der Waals surface area (Å²) in [6.45, 7) is 0. The molecule has 2 aromatic rings. The Kier molecular flexibility index (Phi) is 2.09. The molecule has 6 heteroatoms. The summed E-state index contributed by atoms with van der Waals surface area (Å²) in [4.78, 5) is 10.8. The maximum atomic E-state index is 10.8. The van der Waals surface area contributed by atoms with Gasteiger partial charge in [0.2, 0.25) is 0 Å². The number of carboxylic acid groups (broad SMARTS) is 1. The number of phenolic OH excluding ortho intramolecular Hbond substituents is 1. The van der Waals surface area contributed by atoms with Crippen molar-refractivity contribution < 1.29 is 15.0 Å². The number of hydrogen-bond donors (Lipinski definition) is 2. The highest BCUT2D eigenvalue weighted by atomic mass is 16.4. The molecule has 0 atom stereocenters. The number of phenols is 1. The minimum absolute atomic E-state index is 0.0271. The smallest absolute Gasteiger partial charge is 0.356 e. The molecule has 6 nitrogen and oxygen atoms in total. The first-order valence-corrected chi connectivity index (χ1v) is 4.12. The summed E-state index contributed by atoms with van der Waals surface area (Å²) >= 11 is 0. The van der Waals surface area contributed by atoms with E-state index in [1.54, 1.807) is 12.1 Å². The van der Waals surface area contributed by atoms with Gasteiger partial charge in [-0.05, 0) is 24.3 Å². The van der Waals surface area contributed by atoms with Gasteiger partial charge in [0.05, 0.1) is 11.9 Å². The third kappa shape index (κ3) is 1.64. The first-order chi connectivity index (χ1) is 7.18. The van der Waals surface area contributed by atoms with Crippen LogP contribution in [0.3, 0.4) is 0 Å². The highest BCUT2D eigenvalue weighted by Gasteiger charge is 2.12. The van der Waals surface area contributed by atoms with Crippen LogP contribution in [-0.2, 0) is 0 Å². The maximum absolute atomic E-state index is 10.8. The number of nitrogens with zero attached hydrogens (tertiary/aromatic N) is 3. The Morgan fingerprint density at radius 2 is 1.93 bits per heavy atom. The van der Waals surface area contributed by atoms with Gasteiger partial charge in [0.1, 0.15) is 5.75 Å². The van der Waals surface area contributed by atoms with Crippen molar-refractivity contribution in [3.05, 3.63) is 36.2 Å². The van der Waals surface area contributed by atoms with Crippen molar-refractivity contribution in [2.24, 2.45) is 0 Å². The average molecular weight is 205 g/mol. The molecule has 1 aromatic heterocycles. The molecule has 0 saturated heterocycles. The zero-order valence-electron chi connectivity index (χ0n) is 7.53. The van der Waals surface area contributed by atoms with Gasteiger partial charge in [0.15, 0.2) is 5.69 Å². The van der Waals surface area contributed by atoms with Crippen molar-refractivity contribution in [1.82, 2.24) is 15.0 Å². The Hall–Kier alpha value is -2.37. The van der Waals surface area contributed by atoms with Crippen molar-refractivity contribution >= 4 is 5.97 Å². The van der Waals surface area contributed by atoms with E-state index in [0.717, 1.165) is 6.20 Å². The van der Waals surface area contributed by atoms with Crippen molar-refractivity contribution in [3.8, 4) is 11.4 Å². The van der Waals surface area contributed by atoms with Crippen LogP contribution >= 0.6 is 0 Å². The number of benzene rings is 1. The molecule has 0 spiro atoms. The molecule has 0 bridgehead atoms. The topological polar surface area (TPSA) is 88.2 Å². The second-order valence-corrected chi connectivity index (χ2v) is 2.85. The predicted octanol–water partition coefficient (Wildman–Crippen LogP) is 0.671. The number of aromatic hydroxyl groups is 1. The lowest BCUT2D eigenvalue weighted by Crippen LogP contribution is -2.07. The van der Waals surface area contributed by atoms with Crippen LogP contribution in [-0.4, -0.2) is 31.2 Å². The monoisotopic (exact) mass is 205 g/mol. The van der Waals surface area contributed by atoms with E-state index >= 15 is 0 Å². The summed E-state index contributed by atoms with van der Waals surface area (Å²) in [5, 5.41) is 25.0. The second-order valence-electron chi connectivity index (χ2n) is 2.85. The molecule has 2 rings (SSSR count). The van der Waals surface area contributed by atoms with Crippen molar-refractivity contribution in [2.45, 2.75) is 0 Å². The second kappa shape index (κ2) is 3.41. The van der Waals surface area contributed by atoms with Crippen LogP contribution in [0.2, 0.25) is 0 Å². The van der Waals surface area contributed by atoms with Crippen molar-refractivity contribution in [3.63, 3.8) is 0 Å². The Balaban J connectivity index is 2.49. The number of carbonyl (C=O) groups is 1. The van der Waals surface area contributed by atoms with E-state index in [-0.39, 0.29) is 11.4 Å². The molecule has 0 amide bonds. The zero-order valence-corrected chi connectivity index (χ0v) is 7.53. The molecule has 15 heavy (non-hydrogen) atoms. The number of aromatic nitrogens is 3. The molecule has 0 aliphatic heterocycles. The van der Waals surface area contributed by atoms with Crippen molar-refractivity contribution in [2.75, 3.05) is 0 Å². The van der Waals surface area contributed by atoms with E-state index in [4.69, 9.17) is 10.2 Å². The Labute approximate surface area is 84.4 Å². The standard InChI is InChI=1S/C9H7N3O3/c13-7-3-1-6(2-4-7)12-8(9(14)15)5-10-11-12/h1-5,13H,(H,14,15). The van der Waals surface area contributed by atoms with Gasteiger partial charge in [-0.15, -0.1) is 5.10 Å². The Bertz CT molecular complexity index is 490. The number of aromatic carboxylic acids is 1. The largest absolute Gasteiger partial charge is 0.508 e. The highest BCUT2D eigenvalue weighted by molar-refractivity contribution is 5.85. The van der Waals surface area contributed by atoms with Gasteiger partial charge in [-0.3, -0.25) is 0 Å². The van der Waals surface area contributed by atoms with Crippen LogP contribution in [0.5, 0.6) is 5.75 Å². The van der Waals surface area contributed by atoms with Gasteiger partial charge >= 0.3 is 5.97 Å². The van der Waals surface area contributed by atoms with Gasteiger partial charge in [-0.2, -0.15) is 0 Å². The fraction of sp³-hybridized carbons (Fsp3) is 0. The third-order valence-electron chi connectivity index (χ3n) is 1.86. The van der Waals surface area contributed by atoms with Crippen LogP contribution in [0.4, 0.5) is 0 Å². The number of rotatable bonds is 2. The lowest BCUT2D eigenvalue weighted by atomic mass is 10.3. The zero-order chi connectivity index (χ0) is 10.8. The molecule has 0 saturated carbocycles. The average Bonchev–Trinajstić information content (AvgIpc) is 2.67. The molecule has 1 heterocycles. The number of hydrogen-bond acceptors (Lipinski definition) is 4. The van der Waals surface area contributed by atoms with Crippen LogP contribution in [0, 0.1) is 0 Å². The first kappa shape index (κ1) is 9.20. The fourth-order valence-electron chi connectivity index (χ4n) is 1.17. The molecule has 2 N–H and O–H groups in total. The van der Waals surface area contributed by atoms with Crippen molar-refractivity contribution in [1.29, 1.82) is 0 Å². The molecule has 76 valence electrons. The van der Waals surface area contributed by atoms with Crippen LogP contribution in [0.25, 0.3) is 5.69 Å². The SMILES string of the molecule is O=C(O)c1cnnn1-c1ccc(O)cc1. The highest BCUT2D eigenvalue weighted by Crippen LogP contribution is 2.14. The van der Waals surface area contributed by atoms with Crippen LogP contribution < -0.4 is 0 Å². The van der Waals surface area contributed by atoms with Crippen LogP contribution in [0.1, 0.15) is 10.5 Å². The van der Waals surface area contributed by atoms with Gasteiger partial charge in [-0.25, -0.2) is 9.48 Å². The van der Waals surface area contributed by atoms with E-state index in [1.807, 2.05) is 0 Å². The normalized spacial score (nSPS) is 10.1. The quantitative estimate of drug-likeness (QED) is 0.752. The predicted molar refractivity (Wildman–Crippen MR) is 50.0 cm³/mol. The summed E-state index contributed by atoms with van der Waals surface area (Å²) in [5.74, 6) is -0.996. The summed E-state index contributed by atoms with van der Waals surface area (Å²) in [7, 11) is 0. The summed E-state index contributed by atoms with van der Waals surface area (Å²) < 4.78 is 1.18. The molecule has 0 aliphatic rings. The van der Waals surface area contributed by atoms with E-state index in [2.05, 4.69) is 10.3 Å². The number of carboxylic acids is 1. The molecule has 1 aromatic carbocycles. The Morgan fingerprint density at radius 1 is 1.27 bits per heavy atom. The lowest BCUT2D eigenvalue weighted by molar-refractivity contribution is 0.0687. The summed E-state index contributed by atoms with van der Waals surface area (Å²) in [6, 6.07) is 6.00. The molecule has 0 unspecified atom stereocenters. The molecule has 0 aliphatic carbocycles. The lowest BCUT2D eigenvalue weighted by Gasteiger charge is -2.02. The van der Waals surface area contributed by atoms with E-state index in [0.29, 0.717) is 5.69 Å². The summed E-state index contributed by atoms with van der Waals surface area (Å²) in [5.41, 5.74) is 0.503. The summed E-state index contributed by atoms with van der Waals surface area (Å²) in [6.07, 6.45) is 1.16. The van der Waals surface area contributed by atoms with E-state index < -0.39 is 5.97 Å². The minimum atomic E-state index is -1.10.